The van der Waals surface area contributed by atoms with Gasteiger partial charge in [-0.2, -0.15) is 5.10 Å². The first-order valence-electron chi connectivity index (χ1n) is 5.15. The molecule has 2 aromatic rings. The highest BCUT2D eigenvalue weighted by Crippen LogP contribution is 2.22. The highest BCUT2D eigenvalue weighted by atomic mass is 16.3. The lowest BCUT2D eigenvalue weighted by Crippen LogP contribution is -2.22. The van der Waals surface area contributed by atoms with Crippen molar-refractivity contribution in [1.82, 2.24) is 14.6 Å². The molecule has 6 nitrogen and oxygen atoms in total. The average Bonchev–Trinajstić information content (AvgIpc) is 2.85. The molecule has 2 aromatic heterocycles. The van der Waals surface area contributed by atoms with E-state index in [1.807, 2.05) is 11.0 Å². The topological polar surface area (TPSA) is 73.9 Å². The molecule has 3 rings (SSSR count). The Morgan fingerprint density at radius 3 is 2.69 bits per heavy atom. The van der Waals surface area contributed by atoms with Gasteiger partial charge in [-0.25, -0.2) is 9.50 Å². The van der Waals surface area contributed by atoms with Crippen LogP contribution in [0.15, 0.2) is 24.7 Å². The van der Waals surface area contributed by atoms with Crippen LogP contribution >= 0.6 is 0 Å². The summed E-state index contributed by atoms with van der Waals surface area (Å²) in [6, 6.07) is 1.86. The predicted octanol–water partition coefficient (Wildman–Crippen LogP) is -0.729. The van der Waals surface area contributed by atoms with E-state index in [9.17, 15) is 10.2 Å². The zero-order valence-electron chi connectivity index (χ0n) is 8.56. The van der Waals surface area contributed by atoms with Gasteiger partial charge in [-0.15, -0.1) is 0 Å². The van der Waals surface area contributed by atoms with Crippen LogP contribution in [-0.4, -0.2) is 50.1 Å². The quantitative estimate of drug-likeness (QED) is 0.663. The van der Waals surface area contributed by atoms with Gasteiger partial charge in [-0.3, -0.25) is 0 Å². The van der Waals surface area contributed by atoms with Gasteiger partial charge in [0, 0.05) is 25.5 Å². The van der Waals surface area contributed by atoms with Crippen molar-refractivity contribution < 1.29 is 10.2 Å². The lowest BCUT2D eigenvalue weighted by atomic mass is 10.3. The molecule has 0 aliphatic carbocycles. The molecule has 0 saturated carbocycles. The maximum atomic E-state index is 9.51. The fourth-order valence-corrected chi connectivity index (χ4v) is 2.03. The second kappa shape index (κ2) is 3.43. The zero-order chi connectivity index (χ0) is 11.1. The van der Waals surface area contributed by atoms with Gasteiger partial charge in [0.25, 0.3) is 0 Å². The van der Waals surface area contributed by atoms with E-state index in [0.717, 1.165) is 11.3 Å². The number of aliphatic hydroxyl groups excluding tert-OH is 2. The first-order chi connectivity index (χ1) is 7.75. The van der Waals surface area contributed by atoms with E-state index in [-0.39, 0.29) is 0 Å². The Morgan fingerprint density at radius 1 is 1.19 bits per heavy atom. The normalized spacial score (nSPS) is 25.5. The van der Waals surface area contributed by atoms with Gasteiger partial charge >= 0.3 is 0 Å². The van der Waals surface area contributed by atoms with Gasteiger partial charge in [0.1, 0.15) is 5.52 Å². The van der Waals surface area contributed by atoms with Gasteiger partial charge in [0.15, 0.2) is 5.82 Å². The fourth-order valence-electron chi connectivity index (χ4n) is 2.03. The second-order valence-corrected chi connectivity index (χ2v) is 3.95. The number of aliphatic hydroxyl groups is 2. The highest BCUT2D eigenvalue weighted by Gasteiger charge is 2.31. The average molecular weight is 220 g/mol. The molecule has 2 N–H and O–H groups in total. The highest BCUT2D eigenvalue weighted by molar-refractivity contribution is 5.68. The van der Waals surface area contributed by atoms with E-state index in [2.05, 4.69) is 10.1 Å². The molecule has 6 heteroatoms. The molecular formula is C10H12N4O2. The third-order valence-electron chi connectivity index (χ3n) is 2.86. The first kappa shape index (κ1) is 9.56. The smallest absolute Gasteiger partial charge is 0.154 e. The summed E-state index contributed by atoms with van der Waals surface area (Å²) in [6.07, 6.45) is 3.72. The van der Waals surface area contributed by atoms with Crippen molar-refractivity contribution in [2.75, 3.05) is 18.0 Å². The summed E-state index contributed by atoms with van der Waals surface area (Å²) in [5, 5.41) is 23.1. The van der Waals surface area contributed by atoms with Crippen LogP contribution in [0.3, 0.4) is 0 Å². The molecule has 1 fully saturated rings. The molecule has 1 aliphatic rings. The SMILES string of the molecule is OC1CN(c2nccn3nccc23)CC1O. The summed E-state index contributed by atoms with van der Waals surface area (Å²) in [5.74, 6) is 0.746. The van der Waals surface area contributed by atoms with Crippen LogP contribution in [0, 0.1) is 0 Å². The molecule has 1 aliphatic heterocycles. The van der Waals surface area contributed by atoms with Crippen LogP contribution in [0.1, 0.15) is 0 Å². The number of rotatable bonds is 1. The summed E-state index contributed by atoms with van der Waals surface area (Å²) in [6.45, 7) is 0.804. The van der Waals surface area contributed by atoms with E-state index in [1.165, 1.54) is 0 Å². The monoisotopic (exact) mass is 220 g/mol. The Hall–Kier alpha value is -1.66. The van der Waals surface area contributed by atoms with E-state index in [1.54, 1.807) is 23.1 Å². The Balaban J connectivity index is 2.03. The number of anilines is 1. The predicted molar refractivity (Wildman–Crippen MR) is 57.2 cm³/mol. The molecular weight excluding hydrogens is 208 g/mol. The summed E-state index contributed by atoms with van der Waals surface area (Å²) in [4.78, 5) is 6.14. The van der Waals surface area contributed by atoms with Crippen molar-refractivity contribution in [2.24, 2.45) is 0 Å². The van der Waals surface area contributed by atoms with Gasteiger partial charge in [-0.05, 0) is 6.07 Å². The zero-order valence-corrected chi connectivity index (χ0v) is 8.56. The standard InChI is InChI=1S/C10H12N4O2/c15-8-5-13(6-9(8)16)10-7-1-2-12-14(7)4-3-11-10/h1-4,8-9,15-16H,5-6H2. The van der Waals surface area contributed by atoms with Crippen LogP contribution in [0.25, 0.3) is 5.52 Å². The maximum absolute atomic E-state index is 9.51. The largest absolute Gasteiger partial charge is 0.389 e. The number of hydrogen-bond acceptors (Lipinski definition) is 5. The van der Waals surface area contributed by atoms with Crippen LogP contribution in [0.2, 0.25) is 0 Å². The molecule has 1 saturated heterocycles. The number of β-amino-alcohol motifs (C(OH)–C–C–N with tert-alkyl or cyclic N) is 2. The molecule has 0 spiro atoms. The molecule has 0 aromatic carbocycles. The van der Waals surface area contributed by atoms with Gasteiger partial charge < -0.3 is 15.1 Å². The van der Waals surface area contributed by atoms with Crippen LogP contribution in [0.5, 0.6) is 0 Å². The van der Waals surface area contributed by atoms with Crippen LogP contribution in [-0.2, 0) is 0 Å². The van der Waals surface area contributed by atoms with Gasteiger partial charge in [0.2, 0.25) is 0 Å². The molecule has 0 bridgehead atoms. The summed E-state index contributed by atoms with van der Waals surface area (Å²) in [7, 11) is 0. The van der Waals surface area contributed by atoms with Gasteiger partial charge in [-0.1, -0.05) is 0 Å². The second-order valence-electron chi connectivity index (χ2n) is 3.95. The summed E-state index contributed by atoms with van der Waals surface area (Å²) >= 11 is 0. The van der Waals surface area contributed by atoms with E-state index in [0.29, 0.717) is 13.1 Å². The molecule has 84 valence electrons. The van der Waals surface area contributed by atoms with Crippen LogP contribution in [0.4, 0.5) is 5.82 Å². The Kier molecular flexibility index (Phi) is 2.05. The minimum absolute atomic E-state index is 0.402. The third kappa shape index (κ3) is 1.35. The van der Waals surface area contributed by atoms with Crippen molar-refractivity contribution in [1.29, 1.82) is 0 Å². The molecule has 16 heavy (non-hydrogen) atoms. The number of aromatic nitrogens is 3. The van der Waals surface area contributed by atoms with Crippen molar-refractivity contribution in [2.45, 2.75) is 12.2 Å². The van der Waals surface area contributed by atoms with Crippen molar-refractivity contribution in [3.05, 3.63) is 24.7 Å². The Morgan fingerprint density at radius 2 is 1.94 bits per heavy atom. The molecule has 2 atom stereocenters. The maximum Gasteiger partial charge on any atom is 0.154 e. The molecule has 2 unspecified atom stereocenters. The van der Waals surface area contributed by atoms with Crippen molar-refractivity contribution >= 4 is 11.3 Å². The Bertz CT molecular complexity index is 502. The Labute approximate surface area is 91.8 Å². The molecule has 3 heterocycles. The summed E-state index contributed by atoms with van der Waals surface area (Å²) in [5.41, 5.74) is 0.879. The van der Waals surface area contributed by atoms with Crippen molar-refractivity contribution in [3.63, 3.8) is 0 Å². The number of fused-ring (bicyclic) bond motifs is 1. The minimum Gasteiger partial charge on any atom is -0.389 e. The lowest BCUT2D eigenvalue weighted by Gasteiger charge is -2.16. The van der Waals surface area contributed by atoms with Crippen LogP contribution < -0.4 is 4.90 Å². The van der Waals surface area contributed by atoms with Crippen molar-refractivity contribution in [3.8, 4) is 0 Å². The lowest BCUT2D eigenvalue weighted by molar-refractivity contribution is 0.0572. The fraction of sp³-hybridized carbons (Fsp3) is 0.400. The van der Waals surface area contributed by atoms with E-state index < -0.39 is 12.2 Å². The first-order valence-corrected chi connectivity index (χ1v) is 5.15. The van der Waals surface area contributed by atoms with Gasteiger partial charge in [0.05, 0.1) is 18.4 Å². The minimum atomic E-state index is -0.704. The number of hydrogen-bond donors (Lipinski definition) is 2. The summed E-state index contributed by atoms with van der Waals surface area (Å²) < 4.78 is 1.72. The number of nitrogens with zero attached hydrogens (tertiary/aromatic N) is 4. The molecule has 0 amide bonds. The molecule has 0 radical (unpaired) electrons. The van der Waals surface area contributed by atoms with E-state index >= 15 is 0 Å². The third-order valence-corrected chi connectivity index (χ3v) is 2.86. The van der Waals surface area contributed by atoms with E-state index in [4.69, 9.17) is 0 Å².